The monoisotopic (exact) mass is 239 g/mol. The van der Waals surface area contributed by atoms with E-state index in [9.17, 15) is 0 Å². The predicted molar refractivity (Wildman–Crippen MR) is 68.1 cm³/mol. The predicted octanol–water partition coefficient (Wildman–Crippen LogP) is 2.45. The highest BCUT2D eigenvalue weighted by Crippen LogP contribution is 2.17. The highest BCUT2D eigenvalue weighted by atomic mass is 35.5. The van der Waals surface area contributed by atoms with Gasteiger partial charge >= 0.3 is 0 Å². The summed E-state index contributed by atoms with van der Waals surface area (Å²) in [5.74, 6) is 0.727. The number of nitrogens with one attached hydrogen (secondary N) is 2. The van der Waals surface area contributed by atoms with Crippen molar-refractivity contribution in [3.05, 3.63) is 23.0 Å². The topological polar surface area (TPSA) is 37.0 Å². The van der Waals surface area contributed by atoms with E-state index in [1.165, 1.54) is 12.8 Å². The van der Waals surface area contributed by atoms with Crippen LogP contribution in [0.2, 0.25) is 5.15 Å². The van der Waals surface area contributed by atoms with E-state index in [1.807, 2.05) is 13.0 Å². The maximum absolute atomic E-state index is 5.88. The Labute approximate surface area is 102 Å². The summed E-state index contributed by atoms with van der Waals surface area (Å²) in [6.07, 6.45) is 4.38. The van der Waals surface area contributed by atoms with Gasteiger partial charge in [0.25, 0.3) is 0 Å². The summed E-state index contributed by atoms with van der Waals surface area (Å²) in [4.78, 5) is 4.13. The second-order valence-electron chi connectivity index (χ2n) is 4.42. The van der Waals surface area contributed by atoms with Crippen molar-refractivity contribution in [2.24, 2.45) is 5.92 Å². The van der Waals surface area contributed by atoms with E-state index >= 15 is 0 Å². The van der Waals surface area contributed by atoms with Gasteiger partial charge < -0.3 is 10.6 Å². The Morgan fingerprint density at radius 2 is 2.50 bits per heavy atom. The Kier molecular flexibility index (Phi) is 4.02. The van der Waals surface area contributed by atoms with E-state index < -0.39 is 0 Å². The molecule has 1 aliphatic rings. The number of hydrogen-bond donors (Lipinski definition) is 2. The molecule has 0 spiro atoms. The van der Waals surface area contributed by atoms with Crippen LogP contribution in [0.4, 0.5) is 5.69 Å². The van der Waals surface area contributed by atoms with Crippen molar-refractivity contribution in [2.75, 3.05) is 25.0 Å². The normalized spacial score (nSPS) is 20.8. The van der Waals surface area contributed by atoms with Crippen molar-refractivity contribution in [2.45, 2.75) is 19.8 Å². The fraction of sp³-hybridized carbons (Fsp3) is 0.583. The van der Waals surface area contributed by atoms with Gasteiger partial charge in [0.05, 0.1) is 11.9 Å². The smallest absolute Gasteiger partial charge is 0.132 e. The lowest BCUT2D eigenvalue weighted by atomic mass is 10.00. The largest absolute Gasteiger partial charge is 0.383 e. The molecule has 0 aromatic carbocycles. The first-order chi connectivity index (χ1) is 7.75. The van der Waals surface area contributed by atoms with Crippen LogP contribution in [0.1, 0.15) is 18.4 Å². The maximum Gasteiger partial charge on any atom is 0.132 e. The Hall–Kier alpha value is -0.800. The molecular formula is C12H18ClN3. The fourth-order valence-electron chi connectivity index (χ4n) is 2.02. The Morgan fingerprint density at radius 1 is 1.62 bits per heavy atom. The second kappa shape index (κ2) is 5.51. The van der Waals surface area contributed by atoms with Gasteiger partial charge in [-0.2, -0.15) is 0 Å². The third-order valence-corrected chi connectivity index (χ3v) is 3.40. The second-order valence-corrected chi connectivity index (χ2v) is 4.78. The zero-order chi connectivity index (χ0) is 11.4. The average Bonchev–Trinajstić information content (AvgIpc) is 2.32. The molecule has 0 saturated carbocycles. The molecule has 1 aliphatic heterocycles. The van der Waals surface area contributed by atoms with E-state index in [1.54, 1.807) is 6.20 Å². The summed E-state index contributed by atoms with van der Waals surface area (Å²) in [5, 5.41) is 7.42. The highest BCUT2D eigenvalue weighted by Gasteiger charge is 2.12. The summed E-state index contributed by atoms with van der Waals surface area (Å²) >= 11 is 5.88. The van der Waals surface area contributed by atoms with Gasteiger partial charge in [-0.1, -0.05) is 11.6 Å². The van der Waals surface area contributed by atoms with Gasteiger partial charge in [-0.05, 0) is 50.4 Å². The van der Waals surface area contributed by atoms with Crippen molar-refractivity contribution in [3.8, 4) is 0 Å². The molecule has 1 fully saturated rings. The van der Waals surface area contributed by atoms with Crippen LogP contribution in [0.25, 0.3) is 0 Å². The lowest BCUT2D eigenvalue weighted by Crippen LogP contribution is -2.33. The molecule has 1 aromatic heterocycles. The molecule has 1 atom stereocenters. The number of anilines is 1. The number of piperidine rings is 1. The van der Waals surface area contributed by atoms with Crippen LogP contribution in [0.15, 0.2) is 12.3 Å². The molecule has 0 radical (unpaired) electrons. The summed E-state index contributed by atoms with van der Waals surface area (Å²) in [6, 6.07) is 2.05. The summed E-state index contributed by atoms with van der Waals surface area (Å²) in [7, 11) is 0. The molecule has 2 rings (SSSR count). The van der Waals surface area contributed by atoms with Crippen LogP contribution in [-0.4, -0.2) is 24.6 Å². The SMILES string of the molecule is Cc1cc(NCC2CCCNC2)cnc1Cl. The lowest BCUT2D eigenvalue weighted by Gasteiger charge is -2.23. The lowest BCUT2D eigenvalue weighted by molar-refractivity contribution is 0.393. The minimum absolute atomic E-state index is 0.588. The van der Waals surface area contributed by atoms with Gasteiger partial charge in [0.15, 0.2) is 0 Å². The molecule has 0 aliphatic carbocycles. The molecule has 1 saturated heterocycles. The standard InChI is InChI=1S/C12H18ClN3/c1-9-5-11(8-16-12(9)13)15-7-10-3-2-4-14-6-10/h5,8,10,14-15H,2-4,6-7H2,1H3. The first-order valence-corrected chi connectivity index (χ1v) is 6.20. The number of pyridine rings is 1. The van der Waals surface area contributed by atoms with Crippen LogP contribution in [0, 0.1) is 12.8 Å². The number of aromatic nitrogens is 1. The van der Waals surface area contributed by atoms with Crippen molar-refractivity contribution in [3.63, 3.8) is 0 Å². The Balaban J connectivity index is 1.86. The molecule has 0 amide bonds. The van der Waals surface area contributed by atoms with Gasteiger partial charge in [-0.15, -0.1) is 0 Å². The van der Waals surface area contributed by atoms with Crippen molar-refractivity contribution >= 4 is 17.3 Å². The number of nitrogens with zero attached hydrogens (tertiary/aromatic N) is 1. The number of aryl methyl sites for hydroxylation is 1. The first-order valence-electron chi connectivity index (χ1n) is 5.82. The molecule has 1 unspecified atom stereocenters. The molecule has 0 bridgehead atoms. The van der Waals surface area contributed by atoms with Gasteiger partial charge in [0.2, 0.25) is 0 Å². The first kappa shape index (κ1) is 11.7. The van der Waals surface area contributed by atoms with E-state index in [0.717, 1.165) is 36.8 Å². The van der Waals surface area contributed by atoms with E-state index in [-0.39, 0.29) is 0 Å². The molecular weight excluding hydrogens is 222 g/mol. The van der Waals surface area contributed by atoms with Crippen molar-refractivity contribution < 1.29 is 0 Å². The molecule has 3 nitrogen and oxygen atoms in total. The minimum Gasteiger partial charge on any atom is -0.383 e. The minimum atomic E-state index is 0.588. The third kappa shape index (κ3) is 3.09. The van der Waals surface area contributed by atoms with Crippen molar-refractivity contribution in [1.29, 1.82) is 0 Å². The van der Waals surface area contributed by atoms with Gasteiger partial charge in [-0.25, -0.2) is 4.98 Å². The zero-order valence-corrected chi connectivity index (χ0v) is 10.3. The molecule has 88 valence electrons. The average molecular weight is 240 g/mol. The van der Waals surface area contributed by atoms with Gasteiger partial charge in [0.1, 0.15) is 5.15 Å². The molecule has 1 aromatic rings. The molecule has 4 heteroatoms. The van der Waals surface area contributed by atoms with Crippen LogP contribution < -0.4 is 10.6 Å². The van der Waals surface area contributed by atoms with Crippen LogP contribution in [0.5, 0.6) is 0 Å². The third-order valence-electron chi connectivity index (χ3n) is 3.01. The Morgan fingerprint density at radius 3 is 3.19 bits per heavy atom. The number of hydrogen-bond acceptors (Lipinski definition) is 3. The zero-order valence-electron chi connectivity index (χ0n) is 9.59. The Bertz CT molecular complexity index is 348. The summed E-state index contributed by atoms with van der Waals surface area (Å²) < 4.78 is 0. The highest BCUT2D eigenvalue weighted by molar-refractivity contribution is 6.30. The number of halogens is 1. The summed E-state index contributed by atoms with van der Waals surface area (Å²) in [6.45, 7) is 5.27. The molecule has 2 N–H and O–H groups in total. The van der Waals surface area contributed by atoms with Gasteiger partial charge in [0, 0.05) is 6.54 Å². The molecule has 2 heterocycles. The summed E-state index contributed by atoms with van der Waals surface area (Å²) in [5.41, 5.74) is 2.08. The molecule has 16 heavy (non-hydrogen) atoms. The fourth-order valence-corrected chi connectivity index (χ4v) is 2.12. The van der Waals surface area contributed by atoms with E-state index in [0.29, 0.717) is 5.15 Å². The van der Waals surface area contributed by atoms with Crippen LogP contribution in [-0.2, 0) is 0 Å². The van der Waals surface area contributed by atoms with E-state index in [2.05, 4.69) is 15.6 Å². The van der Waals surface area contributed by atoms with Crippen LogP contribution >= 0.6 is 11.6 Å². The number of rotatable bonds is 3. The van der Waals surface area contributed by atoms with Gasteiger partial charge in [-0.3, -0.25) is 0 Å². The van der Waals surface area contributed by atoms with Crippen molar-refractivity contribution in [1.82, 2.24) is 10.3 Å². The quantitative estimate of drug-likeness (QED) is 0.796. The maximum atomic E-state index is 5.88. The van der Waals surface area contributed by atoms with Crippen LogP contribution in [0.3, 0.4) is 0 Å². The van der Waals surface area contributed by atoms with E-state index in [4.69, 9.17) is 11.6 Å².